The molecule has 142 valence electrons. The van der Waals surface area contributed by atoms with Gasteiger partial charge in [-0.15, -0.1) is 0 Å². The number of hydrogen-bond acceptors (Lipinski definition) is 2. The Labute approximate surface area is 165 Å². The Kier molecular flexibility index (Phi) is 4.88. The molecule has 4 rings (SSSR count). The van der Waals surface area contributed by atoms with Gasteiger partial charge in [-0.3, -0.25) is 0 Å². The summed E-state index contributed by atoms with van der Waals surface area (Å²) in [5.41, 5.74) is 6.47. The van der Waals surface area contributed by atoms with E-state index >= 15 is 0 Å². The zero-order valence-electron chi connectivity index (χ0n) is 16.0. The van der Waals surface area contributed by atoms with Gasteiger partial charge in [0, 0.05) is 0 Å². The van der Waals surface area contributed by atoms with Gasteiger partial charge in [-0.2, -0.15) is 0 Å². The maximum absolute atomic E-state index is 13.2. The molecule has 2 aromatic rings. The molecule has 5 heteroatoms. The fourth-order valence-corrected chi connectivity index (χ4v) is 8.65. The summed E-state index contributed by atoms with van der Waals surface area (Å²) in [6, 6.07) is 14.0. The number of halogens is 1. The average Bonchev–Trinajstić information content (AvgIpc) is 3.00. The number of amides is 1. The van der Waals surface area contributed by atoms with Crippen LogP contribution >= 0.6 is 0 Å². The summed E-state index contributed by atoms with van der Waals surface area (Å²) in [6.45, 7) is 0.718. The van der Waals surface area contributed by atoms with Crippen molar-refractivity contribution in [2.24, 2.45) is 5.41 Å². The van der Waals surface area contributed by atoms with E-state index in [-0.39, 0.29) is 17.1 Å². The van der Waals surface area contributed by atoms with Crippen LogP contribution < -0.4 is 4.90 Å². The summed E-state index contributed by atoms with van der Waals surface area (Å²) in [6.07, 6.45) is 6.29. The van der Waals surface area contributed by atoms with Gasteiger partial charge in [0.15, 0.2) is 0 Å². The second-order valence-corrected chi connectivity index (χ2v) is 13.8. The Morgan fingerprint density at radius 3 is 2.33 bits per heavy atom. The number of anilines is 1. The summed E-state index contributed by atoms with van der Waals surface area (Å²) in [5, 5.41) is 0. The van der Waals surface area contributed by atoms with Gasteiger partial charge in [0.05, 0.1) is 0 Å². The van der Waals surface area contributed by atoms with Gasteiger partial charge >= 0.3 is 165 Å². The maximum atomic E-state index is 13.2. The van der Waals surface area contributed by atoms with Crippen LogP contribution in [-0.4, -0.2) is 32.1 Å². The topological polar surface area (TPSA) is 33.2 Å². The summed E-state index contributed by atoms with van der Waals surface area (Å²) in [5.74, 6) is 0.341. The normalized spacial score (nSPS) is 28.3. The first-order chi connectivity index (χ1) is 12.9. The van der Waals surface area contributed by atoms with Crippen LogP contribution in [0.2, 0.25) is 11.4 Å². The van der Waals surface area contributed by atoms with Crippen molar-refractivity contribution in [2.45, 2.75) is 47.7 Å². The van der Waals surface area contributed by atoms with Gasteiger partial charge < -0.3 is 0 Å². The molecular weight excluding hydrogens is 402 g/mol. The number of carbonyl (C=O) groups is 1. The van der Waals surface area contributed by atoms with Gasteiger partial charge in [-0.25, -0.2) is 0 Å². The van der Waals surface area contributed by atoms with Crippen LogP contribution in [0.15, 0.2) is 48.7 Å². The molecule has 1 aromatic carbocycles. The van der Waals surface area contributed by atoms with E-state index in [2.05, 4.69) is 46.7 Å². The molecule has 1 amide bonds. The summed E-state index contributed by atoms with van der Waals surface area (Å²) in [7, 11) is 0. The molecule has 27 heavy (non-hydrogen) atoms. The first-order valence-corrected chi connectivity index (χ1v) is 14.3. The number of nitrogens with zero attached hydrogens (tertiary/aromatic N) is 2. The molecule has 1 saturated carbocycles. The van der Waals surface area contributed by atoms with Crippen molar-refractivity contribution in [3.05, 3.63) is 60.0 Å². The Balaban J connectivity index is 1.54. The van der Waals surface area contributed by atoms with Gasteiger partial charge in [0.2, 0.25) is 0 Å². The molecule has 1 spiro atoms. The van der Waals surface area contributed by atoms with Gasteiger partial charge in [0.1, 0.15) is 0 Å². The summed E-state index contributed by atoms with van der Waals surface area (Å²) >= 11 is -0.997. The fraction of sp³-hybridized carbons (Fsp3) is 0.455. The average molecular weight is 428 g/mol. The molecular formula is C22H26AsFN2O. The number of pyridine rings is 1. The van der Waals surface area contributed by atoms with Crippen molar-refractivity contribution in [3.8, 4) is 0 Å². The van der Waals surface area contributed by atoms with E-state index in [9.17, 15) is 9.18 Å². The van der Waals surface area contributed by atoms with E-state index in [1.807, 2.05) is 0 Å². The molecule has 1 aromatic heterocycles. The van der Waals surface area contributed by atoms with E-state index in [4.69, 9.17) is 0 Å². The van der Waals surface area contributed by atoms with Gasteiger partial charge in [-0.05, 0) is 0 Å². The zero-order valence-corrected chi connectivity index (χ0v) is 17.9. The molecule has 1 saturated heterocycles. The predicted molar refractivity (Wildman–Crippen MR) is 108 cm³/mol. The van der Waals surface area contributed by atoms with Crippen LogP contribution in [0.3, 0.4) is 0 Å². The van der Waals surface area contributed by atoms with Crippen LogP contribution in [0.5, 0.6) is 0 Å². The zero-order chi connectivity index (χ0) is 19.1. The van der Waals surface area contributed by atoms with Gasteiger partial charge in [0.25, 0.3) is 0 Å². The Hall–Kier alpha value is -1.67. The van der Waals surface area contributed by atoms with Crippen LogP contribution in [-0.2, 0) is 9.00 Å². The minimum absolute atomic E-state index is 0.0514. The van der Waals surface area contributed by atoms with Crippen molar-refractivity contribution in [3.63, 3.8) is 0 Å². The number of aromatic nitrogens is 1. The van der Waals surface area contributed by atoms with E-state index in [0.717, 1.165) is 19.4 Å². The van der Waals surface area contributed by atoms with Gasteiger partial charge in [-0.1, -0.05) is 0 Å². The molecule has 2 fully saturated rings. The molecule has 0 N–H and O–H groups in total. The number of hydrogen-bond donors (Lipinski definition) is 0. The van der Waals surface area contributed by atoms with Crippen LogP contribution in [0.1, 0.15) is 37.7 Å². The number of carbonyl (C=O) groups excluding carboxylic acids is 1. The fourth-order valence-electron chi connectivity index (χ4n) is 4.90. The molecule has 3 nitrogen and oxygen atoms in total. The van der Waals surface area contributed by atoms with E-state index in [0.29, 0.717) is 16.4 Å². The monoisotopic (exact) mass is 428 g/mol. The summed E-state index contributed by atoms with van der Waals surface area (Å²) < 4.78 is 13.5. The molecule has 0 unspecified atom stereocenters. The SMILES string of the molecule is C[As](C)C1(c2ccccc2)CCC2(CC1)CC(=O)N(c1ccc(F)cn1)C2. The van der Waals surface area contributed by atoms with Crippen molar-refractivity contribution in [1.82, 2.24) is 4.98 Å². The van der Waals surface area contributed by atoms with Crippen molar-refractivity contribution in [2.75, 3.05) is 11.4 Å². The Bertz CT molecular complexity index is 814. The third-order valence-electron chi connectivity index (χ3n) is 6.61. The molecule has 2 aliphatic rings. The summed E-state index contributed by atoms with van der Waals surface area (Å²) in [4.78, 5) is 18.6. The molecule has 0 bridgehead atoms. The second kappa shape index (κ2) is 7.05. The third-order valence-corrected chi connectivity index (χ3v) is 11.7. The van der Waals surface area contributed by atoms with Crippen LogP contribution in [0.4, 0.5) is 10.2 Å². The Morgan fingerprint density at radius 2 is 1.74 bits per heavy atom. The second-order valence-electron chi connectivity index (χ2n) is 8.28. The molecule has 1 aliphatic carbocycles. The van der Waals surface area contributed by atoms with Crippen LogP contribution in [0.25, 0.3) is 0 Å². The first kappa shape index (κ1) is 18.7. The molecule has 1 aliphatic heterocycles. The first-order valence-electron chi connectivity index (χ1n) is 9.59. The van der Waals surface area contributed by atoms with E-state index in [1.165, 1.54) is 30.7 Å². The molecule has 2 heterocycles. The minimum atomic E-state index is -0.997. The number of rotatable bonds is 3. The predicted octanol–water partition coefficient (Wildman–Crippen LogP) is 4.75. The van der Waals surface area contributed by atoms with E-state index in [1.54, 1.807) is 11.0 Å². The van der Waals surface area contributed by atoms with Crippen molar-refractivity contribution < 1.29 is 9.18 Å². The third kappa shape index (κ3) is 3.33. The molecule has 0 radical (unpaired) electrons. The quantitative estimate of drug-likeness (QED) is 0.662. The Morgan fingerprint density at radius 1 is 1.04 bits per heavy atom. The molecule has 0 atom stereocenters. The number of benzene rings is 1. The van der Waals surface area contributed by atoms with E-state index < -0.39 is 14.7 Å². The van der Waals surface area contributed by atoms with Crippen molar-refractivity contribution >= 4 is 26.4 Å². The van der Waals surface area contributed by atoms with Crippen LogP contribution in [0, 0.1) is 11.2 Å². The van der Waals surface area contributed by atoms with Crippen molar-refractivity contribution in [1.29, 1.82) is 0 Å². The standard InChI is InChI=1S/C22H26AsFN2O/c1-23(2)22(17-6-4-3-5-7-17)12-10-21(11-13-22)14-20(27)26(16-21)19-9-8-18(24)15-25-19/h3-9,15H,10-14,16H2,1-2H3.